The fraction of sp³-hybridized carbons (Fsp3) is 0.286. The molecule has 1 amide bonds. The Morgan fingerprint density at radius 2 is 2.03 bits per heavy atom. The van der Waals surface area contributed by atoms with Crippen LogP contribution in [0.15, 0.2) is 48.7 Å². The number of hydrogen-bond donors (Lipinski definition) is 2. The molecule has 1 aliphatic heterocycles. The predicted molar refractivity (Wildman–Crippen MR) is 106 cm³/mol. The number of β-amino-alcohol motifs (C(OH)–C–C–N with tert-alkyl or cyclic N) is 1. The fourth-order valence-corrected chi connectivity index (χ4v) is 3.25. The molecule has 4 rings (SSSR count). The smallest absolute Gasteiger partial charge is 0.417 e. The van der Waals surface area contributed by atoms with E-state index in [0.717, 1.165) is 12.1 Å². The van der Waals surface area contributed by atoms with Crippen LogP contribution in [0.5, 0.6) is 11.6 Å². The minimum Gasteiger partial charge on any atom is -0.439 e. The lowest BCUT2D eigenvalue weighted by atomic mass is 10.2. The maximum Gasteiger partial charge on any atom is 0.417 e. The number of halogens is 3. The molecular formula is C21H19F3N4O3. The van der Waals surface area contributed by atoms with Crippen LogP contribution in [0.3, 0.4) is 0 Å². The van der Waals surface area contributed by atoms with Crippen molar-refractivity contribution in [1.82, 2.24) is 20.2 Å². The summed E-state index contributed by atoms with van der Waals surface area (Å²) in [6.07, 6.45) is -4.38. The zero-order valence-corrected chi connectivity index (χ0v) is 16.3. The average Bonchev–Trinajstić information content (AvgIpc) is 2.97. The Bertz CT molecular complexity index is 1090. The van der Waals surface area contributed by atoms with Gasteiger partial charge in [-0.15, -0.1) is 0 Å². The third kappa shape index (κ3) is 4.92. The molecule has 0 radical (unpaired) electrons. The zero-order valence-electron chi connectivity index (χ0n) is 16.3. The molecule has 1 saturated heterocycles. The third-order valence-electron chi connectivity index (χ3n) is 4.82. The molecule has 0 spiro atoms. The van der Waals surface area contributed by atoms with Gasteiger partial charge in [-0.3, -0.25) is 4.79 Å². The molecule has 1 unspecified atom stereocenters. The number of nitrogens with zero attached hydrogens (tertiary/aromatic N) is 3. The topological polar surface area (TPSA) is 87.6 Å². The molecule has 1 fully saturated rings. The van der Waals surface area contributed by atoms with Gasteiger partial charge in [0.05, 0.1) is 17.2 Å². The van der Waals surface area contributed by atoms with Crippen molar-refractivity contribution in [2.24, 2.45) is 0 Å². The van der Waals surface area contributed by atoms with Gasteiger partial charge in [-0.25, -0.2) is 9.97 Å². The fourth-order valence-electron chi connectivity index (χ4n) is 3.25. The van der Waals surface area contributed by atoms with Crippen LogP contribution >= 0.6 is 0 Å². The summed E-state index contributed by atoms with van der Waals surface area (Å²) in [4.78, 5) is 22.4. The minimum atomic E-state index is -4.46. The van der Waals surface area contributed by atoms with Gasteiger partial charge in [0.1, 0.15) is 11.4 Å². The second-order valence-corrected chi connectivity index (χ2v) is 7.15. The number of carbonyl (C=O) groups excluding carboxylic acids is 1. The molecule has 2 N–H and O–H groups in total. The van der Waals surface area contributed by atoms with Gasteiger partial charge in [0.25, 0.3) is 5.91 Å². The van der Waals surface area contributed by atoms with Crippen LogP contribution in [0.25, 0.3) is 10.9 Å². The first-order valence-corrected chi connectivity index (χ1v) is 9.59. The maximum atomic E-state index is 12.8. The van der Waals surface area contributed by atoms with Crippen molar-refractivity contribution < 1.29 is 27.8 Å². The highest BCUT2D eigenvalue weighted by atomic mass is 19.4. The summed E-state index contributed by atoms with van der Waals surface area (Å²) in [5.74, 6) is 0.140. The second kappa shape index (κ2) is 8.48. The number of aliphatic hydroxyl groups excluding tert-OH is 1. The Kier molecular flexibility index (Phi) is 5.75. The molecule has 7 nitrogen and oxygen atoms in total. The number of carbonyl (C=O) groups is 1. The average molecular weight is 432 g/mol. The van der Waals surface area contributed by atoms with Gasteiger partial charge in [-0.05, 0) is 30.3 Å². The molecule has 1 aromatic carbocycles. The molecule has 3 heterocycles. The number of fused-ring (bicyclic) bond motifs is 1. The lowest BCUT2D eigenvalue weighted by Crippen LogP contribution is -2.38. The molecule has 10 heteroatoms. The van der Waals surface area contributed by atoms with Crippen LogP contribution in [0.1, 0.15) is 16.1 Å². The Hall–Kier alpha value is -3.24. The number of aromatic nitrogens is 2. The van der Waals surface area contributed by atoms with Crippen LogP contribution in [-0.2, 0) is 6.18 Å². The van der Waals surface area contributed by atoms with E-state index in [2.05, 4.69) is 15.3 Å². The van der Waals surface area contributed by atoms with Crippen LogP contribution in [0.4, 0.5) is 13.2 Å². The first-order valence-electron chi connectivity index (χ1n) is 9.59. The van der Waals surface area contributed by atoms with Gasteiger partial charge in [0, 0.05) is 43.8 Å². The second-order valence-electron chi connectivity index (χ2n) is 7.15. The zero-order chi connectivity index (χ0) is 22.0. The van der Waals surface area contributed by atoms with Gasteiger partial charge in [0.15, 0.2) is 0 Å². The number of rotatable bonds is 3. The summed E-state index contributed by atoms with van der Waals surface area (Å²) in [7, 11) is 0. The standard InChI is InChI=1S/C21H19F3N4O3/c22-21(23,24)14-2-6-19(26-10-14)31-16-3-5-17-13(9-16)1-4-18(27-17)20(30)28-8-7-25-11-15(29)12-28/h1-6,9-10,15,25,29H,7-8,11-12H2. The summed E-state index contributed by atoms with van der Waals surface area (Å²) in [6, 6.07) is 10.3. The van der Waals surface area contributed by atoms with E-state index in [1.165, 1.54) is 0 Å². The summed E-state index contributed by atoms with van der Waals surface area (Å²) in [6.45, 7) is 1.74. The molecule has 0 bridgehead atoms. The first-order chi connectivity index (χ1) is 14.8. The van der Waals surface area contributed by atoms with Crippen molar-refractivity contribution in [3.8, 4) is 11.6 Å². The van der Waals surface area contributed by atoms with Gasteiger partial charge in [0.2, 0.25) is 5.88 Å². The van der Waals surface area contributed by atoms with Crippen molar-refractivity contribution in [3.05, 3.63) is 59.9 Å². The Morgan fingerprint density at radius 3 is 2.77 bits per heavy atom. The Labute approximate surface area is 175 Å². The largest absolute Gasteiger partial charge is 0.439 e. The van der Waals surface area contributed by atoms with Crippen molar-refractivity contribution in [2.45, 2.75) is 12.3 Å². The number of pyridine rings is 2. The molecule has 3 aromatic rings. The van der Waals surface area contributed by atoms with Crippen molar-refractivity contribution >= 4 is 16.8 Å². The van der Waals surface area contributed by atoms with Gasteiger partial charge in [-0.2, -0.15) is 13.2 Å². The van der Waals surface area contributed by atoms with E-state index in [1.807, 2.05) is 0 Å². The highest BCUT2D eigenvalue weighted by Crippen LogP contribution is 2.30. The van der Waals surface area contributed by atoms with Gasteiger partial charge in [-0.1, -0.05) is 6.07 Å². The molecular weight excluding hydrogens is 413 g/mol. The van der Waals surface area contributed by atoms with E-state index in [0.29, 0.717) is 42.5 Å². The number of ether oxygens (including phenoxy) is 1. The maximum absolute atomic E-state index is 12.8. The molecule has 1 atom stereocenters. The van der Waals surface area contributed by atoms with Crippen molar-refractivity contribution in [1.29, 1.82) is 0 Å². The minimum absolute atomic E-state index is 0.0282. The van der Waals surface area contributed by atoms with Crippen LogP contribution < -0.4 is 10.1 Å². The summed E-state index contributed by atoms with van der Waals surface area (Å²) >= 11 is 0. The van der Waals surface area contributed by atoms with Crippen LogP contribution in [0, 0.1) is 0 Å². The van der Waals surface area contributed by atoms with E-state index in [1.54, 1.807) is 35.2 Å². The van der Waals surface area contributed by atoms with Crippen LogP contribution in [0.2, 0.25) is 0 Å². The molecule has 0 saturated carbocycles. The molecule has 0 aliphatic carbocycles. The first kappa shape index (κ1) is 21.0. The van der Waals surface area contributed by atoms with E-state index in [9.17, 15) is 23.1 Å². The highest BCUT2D eigenvalue weighted by molar-refractivity contribution is 5.95. The lowest BCUT2D eigenvalue weighted by molar-refractivity contribution is -0.137. The number of hydrogen-bond acceptors (Lipinski definition) is 6. The monoisotopic (exact) mass is 432 g/mol. The predicted octanol–water partition coefficient (Wildman–Crippen LogP) is 2.85. The number of amides is 1. The van der Waals surface area contributed by atoms with E-state index in [-0.39, 0.29) is 24.0 Å². The van der Waals surface area contributed by atoms with E-state index in [4.69, 9.17) is 4.74 Å². The molecule has 1 aliphatic rings. The summed E-state index contributed by atoms with van der Waals surface area (Å²) in [5, 5.41) is 13.6. The third-order valence-corrected chi connectivity index (χ3v) is 4.82. The lowest BCUT2D eigenvalue weighted by Gasteiger charge is -2.21. The molecule has 162 valence electrons. The molecule has 2 aromatic heterocycles. The Morgan fingerprint density at radius 1 is 1.19 bits per heavy atom. The summed E-state index contributed by atoms with van der Waals surface area (Å²) in [5.41, 5.74) is -0.0285. The van der Waals surface area contributed by atoms with Gasteiger partial charge >= 0.3 is 6.18 Å². The SMILES string of the molecule is O=C(c1ccc2cc(Oc3ccc(C(F)(F)F)cn3)ccc2n1)N1CCNCC(O)C1. The van der Waals surface area contributed by atoms with Crippen LogP contribution in [-0.4, -0.2) is 58.2 Å². The van der Waals surface area contributed by atoms with E-state index < -0.39 is 17.8 Å². The van der Waals surface area contributed by atoms with Crippen molar-refractivity contribution in [3.63, 3.8) is 0 Å². The normalized spacial score (nSPS) is 17.4. The number of benzene rings is 1. The highest BCUT2D eigenvalue weighted by Gasteiger charge is 2.30. The van der Waals surface area contributed by atoms with E-state index >= 15 is 0 Å². The number of alkyl halides is 3. The number of nitrogens with one attached hydrogen (secondary N) is 1. The summed E-state index contributed by atoms with van der Waals surface area (Å²) < 4.78 is 43.5. The molecule has 31 heavy (non-hydrogen) atoms. The van der Waals surface area contributed by atoms with Gasteiger partial charge < -0.3 is 20.1 Å². The van der Waals surface area contributed by atoms with Crippen molar-refractivity contribution in [2.75, 3.05) is 26.2 Å². The quantitative estimate of drug-likeness (QED) is 0.662. The Balaban J connectivity index is 1.51. The number of aliphatic hydroxyl groups is 1.